The van der Waals surface area contributed by atoms with Crippen LogP contribution in [0.15, 0.2) is 0 Å². The molecular weight excluding hydrogens is 136 g/mol. The average molecular weight is 154 g/mol. The van der Waals surface area contributed by atoms with E-state index in [4.69, 9.17) is 5.26 Å². The minimum atomic E-state index is 0.0619. The van der Waals surface area contributed by atoms with Gasteiger partial charge in [-0.15, -0.1) is 0 Å². The van der Waals surface area contributed by atoms with E-state index in [1.165, 1.54) is 19.3 Å². The highest BCUT2D eigenvalue weighted by Gasteiger charge is 2.00. The Morgan fingerprint density at radius 3 is 2.55 bits per heavy atom. The van der Waals surface area contributed by atoms with Crippen LogP contribution in [0, 0.1) is 11.3 Å². The molecule has 1 atom stereocenters. The molecule has 0 amide bonds. The van der Waals surface area contributed by atoms with Gasteiger partial charge in [0.05, 0.1) is 12.1 Å². The lowest BCUT2D eigenvalue weighted by Crippen LogP contribution is -2.27. The van der Waals surface area contributed by atoms with Crippen molar-refractivity contribution in [3.8, 4) is 6.07 Å². The lowest BCUT2D eigenvalue weighted by atomic mass is 10.2. The van der Waals surface area contributed by atoms with Crippen LogP contribution in [0.3, 0.4) is 0 Å². The number of rotatable bonds is 6. The molecule has 0 radical (unpaired) electrons. The third-order valence-corrected chi connectivity index (χ3v) is 1.74. The van der Waals surface area contributed by atoms with Crippen LogP contribution in [0.5, 0.6) is 0 Å². The second-order valence-corrected chi connectivity index (χ2v) is 2.75. The van der Waals surface area contributed by atoms with Crippen LogP contribution < -0.4 is 5.32 Å². The standard InChI is InChI=1S/C9H18N2/c1-3-5-6-7-11-9(4-2)8-10/h9,11H,3-7H2,1-2H3. The predicted octanol–water partition coefficient (Wildman–Crippen LogP) is 2.07. The van der Waals surface area contributed by atoms with Gasteiger partial charge in [-0.1, -0.05) is 26.7 Å². The first-order valence-electron chi connectivity index (χ1n) is 4.48. The number of nitrogens with zero attached hydrogens (tertiary/aromatic N) is 1. The lowest BCUT2D eigenvalue weighted by molar-refractivity contribution is 0.555. The van der Waals surface area contributed by atoms with E-state index in [0.717, 1.165) is 13.0 Å². The highest BCUT2D eigenvalue weighted by Crippen LogP contribution is 1.93. The van der Waals surface area contributed by atoms with Crippen molar-refractivity contribution in [2.45, 2.75) is 45.6 Å². The molecular formula is C9H18N2. The molecule has 2 nitrogen and oxygen atoms in total. The Kier molecular flexibility index (Phi) is 7.18. The Morgan fingerprint density at radius 2 is 2.09 bits per heavy atom. The minimum Gasteiger partial charge on any atom is -0.302 e. The summed E-state index contributed by atoms with van der Waals surface area (Å²) in [6.07, 6.45) is 4.59. The fraction of sp³-hybridized carbons (Fsp3) is 0.889. The average Bonchev–Trinajstić information content (AvgIpc) is 2.05. The number of hydrogen-bond donors (Lipinski definition) is 1. The van der Waals surface area contributed by atoms with E-state index >= 15 is 0 Å². The number of nitriles is 1. The lowest BCUT2D eigenvalue weighted by Gasteiger charge is -2.07. The zero-order valence-electron chi connectivity index (χ0n) is 7.56. The maximum Gasteiger partial charge on any atom is 0.0950 e. The van der Waals surface area contributed by atoms with Gasteiger partial charge in [-0.3, -0.25) is 0 Å². The zero-order valence-corrected chi connectivity index (χ0v) is 7.56. The Morgan fingerprint density at radius 1 is 1.36 bits per heavy atom. The Labute approximate surface area is 69.6 Å². The minimum absolute atomic E-state index is 0.0619. The van der Waals surface area contributed by atoms with Gasteiger partial charge < -0.3 is 5.32 Å². The molecule has 1 N–H and O–H groups in total. The SMILES string of the molecule is CCCCCNC(C#N)CC. The van der Waals surface area contributed by atoms with Crippen molar-refractivity contribution in [1.29, 1.82) is 5.26 Å². The summed E-state index contributed by atoms with van der Waals surface area (Å²) >= 11 is 0. The molecule has 0 aromatic rings. The Hall–Kier alpha value is -0.550. The van der Waals surface area contributed by atoms with Gasteiger partial charge >= 0.3 is 0 Å². The molecule has 64 valence electrons. The Balaban J connectivity index is 3.16. The van der Waals surface area contributed by atoms with Crippen LogP contribution >= 0.6 is 0 Å². The molecule has 0 saturated carbocycles. The molecule has 0 aromatic heterocycles. The van der Waals surface area contributed by atoms with Crippen LogP contribution in [-0.2, 0) is 0 Å². The summed E-state index contributed by atoms with van der Waals surface area (Å²) in [4.78, 5) is 0. The van der Waals surface area contributed by atoms with E-state index in [2.05, 4.69) is 18.3 Å². The van der Waals surface area contributed by atoms with Gasteiger partial charge in [0.15, 0.2) is 0 Å². The van der Waals surface area contributed by atoms with E-state index in [-0.39, 0.29) is 6.04 Å². The van der Waals surface area contributed by atoms with E-state index in [9.17, 15) is 0 Å². The third kappa shape index (κ3) is 5.87. The first kappa shape index (κ1) is 10.4. The normalized spacial score (nSPS) is 12.5. The smallest absolute Gasteiger partial charge is 0.0950 e. The fourth-order valence-electron chi connectivity index (χ4n) is 0.933. The van der Waals surface area contributed by atoms with E-state index in [1.807, 2.05) is 6.92 Å². The first-order valence-corrected chi connectivity index (χ1v) is 4.48. The van der Waals surface area contributed by atoms with Gasteiger partial charge in [0.25, 0.3) is 0 Å². The molecule has 2 heteroatoms. The summed E-state index contributed by atoms with van der Waals surface area (Å²) in [5.74, 6) is 0. The fourth-order valence-corrected chi connectivity index (χ4v) is 0.933. The molecule has 0 aromatic carbocycles. The maximum atomic E-state index is 8.57. The molecule has 0 heterocycles. The molecule has 0 aliphatic heterocycles. The van der Waals surface area contributed by atoms with E-state index in [0.29, 0.717) is 0 Å². The van der Waals surface area contributed by atoms with E-state index < -0.39 is 0 Å². The summed E-state index contributed by atoms with van der Waals surface area (Å²) in [6.45, 7) is 5.20. The second-order valence-electron chi connectivity index (χ2n) is 2.75. The van der Waals surface area contributed by atoms with Crippen molar-refractivity contribution in [2.75, 3.05) is 6.54 Å². The molecule has 1 unspecified atom stereocenters. The van der Waals surface area contributed by atoms with Gasteiger partial charge in [0.1, 0.15) is 0 Å². The summed E-state index contributed by atoms with van der Waals surface area (Å²) in [5.41, 5.74) is 0. The second kappa shape index (κ2) is 7.56. The molecule has 0 spiro atoms. The molecule has 0 rings (SSSR count). The first-order chi connectivity index (χ1) is 5.35. The number of unbranched alkanes of at least 4 members (excludes halogenated alkanes) is 2. The van der Waals surface area contributed by atoms with Crippen LogP contribution in [0.25, 0.3) is 0 Å². The van der Waals surface area contributed by atoms with Crippen molar-refractivity contribution in [3.63, 3.8) is 0 Å². The number of nitrogens with one attached hydrogen (secondary N) is 1. The van der Waals surface area contributed by atoms with Crippen LogP contribution in [-0.4, -0.2) is 12.6 Å². The number of hydrogen-bond acceptors (Lipinski definition) is 2. The molecule has 11 heavy (non-hydrogen) atoms. The van der Waals surface area contributed by atoms with Gasteiger partial charge in [-0.05, 0) is 19.4 Å². The van der Waals surface area contributed by atoms with Crippen LogP contribution in [0.4, 0.5) is 0 Å². The molecule has 0 aliphatic carbocycles. The quantitative estimate of drug-likeness (QED) is 0.594. The highest BCUT2D eigenvalue weighted by atomic mass is 14.9. The maximum absolute atomic E-state index is 8.57. The monoisotopic (exact) mass is 154 g/mol. The summed E-state index contributed by atoms with van der Waals surface area (Å²) in [5, 5.41) is 11.8. The van der Waals surface area contributed by atoms with Crippen LogP contribution in [0.1, 0.15) is 39.5 Å². The molecule has 0 bridgehead atoms. The van der Waals surface area contributed by atoms with Gasteiger partial charge in [0, 0.05) is 0 Å². The Bertz CT molecular complexity index is 115. The third-order valence-electron chi connectivity index (χ3n) is 1.74. The van der Waals surface area contributed by atoms with Crippen molar-refractivity contribution in [2.24, 2.45) is 0 Å². The predicted molar refractivity (Wildman–Crippen MR) is 47.2 cm³/mol. The van der Waals surface area contributed by atoms with Gasteiger partial charge in [0.2, 0.25) is 0 Å². The van der Waals surface area contributed by atoms with Crippen molar-refractivity contribution in [1.82, 2.24) is 5.32 Å². The highest BCUT2D eigenvalue weighted by molar-refractivity contribution is 4.87. The summed E-state index contributed by atoms with van der Waals surface area (Å²) in [7, 11) is 0. The van der Waals surface area contributed by atoms with Crippen molar-refractivity contribution >= 4 is 0 Å². The molecule has 0 saturated heterocycles. The van der Waals surface area contributed by atoms with Crippen molar-refractivity contribution in [3.05, 3.63) is 0 Å². The van der Waals surface area contributed by atoms with Crippen molar-refractivity contribution < 1.29 is 0 Å². The van der Waals surface area contributed by atoms with Gasteiger partial charge in [-0.2, -0.15) is 5.26 Å². The van der Waals surface area contributed by atoms with Crippen LogP contribution in [0.2, 0.25) is 0 Å². The topological polar surface area (TPSA) is 35.8 Å². The summed E-state index contributed by atoms with van der Waals surface area (Å²) < 4.78 is 0. The largest absolute Gasteiger partial charge is 0.302 e. The zero-order chi connectivity index (χ0) is 8.53. The molecule has 0 aliphatic rings. The van der Waals surface area contributed by atoms with Gasteiger partial charge in [-0.25, -0.2) is 0 Å². The van der Waals surface area contributed by atoms with E-state index in [1.54, 1.807) is 0 Å². The molecule has 0 fully saturated rings. The summed E-state index contributed by atoms with van der Waals surface area (Å²) in [6, 6.07) is 2.28.